The maximum absolute atomic E-state index is 12.4. The van der Waals surface area contributed by atoms with Crippen molar-refractivity contribution in [2.45, 2.75) is 31.7 Å². The highest BCUT2D eigenvalue weighted by atomic mass is 32.2. The Hall–Kier alpha value is -1.89. The number of hydrogen-bond acceptors (Lipinski definition) is 4. The molecule has 5 nitrogen and oxygen atoms in total. The molecule has 6 heteroatoms. The molecule has 0 fully saturated rings. The third kappa shape index (κ3) is 3.11. The number of aryl methyl sites for hydroxylation is 1. The van der Waals surface area contributed by atoms with E-state index in [1.165, 1.54) is 18.2 Å². The first-order chi connectivity index (χ1) is 8.84. The predicted molar refractivity (Wildman–Crippen MR) is 70.5 cm³/mol. The van der Waals surface area contributed by atoms with Gasteiger partial charge in [0.05, 0.1) is 22.6 Å². The van der Waals surface area contributed by atoms with E-state index in [1.54, 1.807) is 20.8 Å². The fourth-order valence-corrected chi connectivity index (χ4v) is 3.29. The lowest BCUT2D eigenvalue weighted by Crippen LogP contribution is -2.37. The normalized spacial score (nSPS) is 11.3. The van der Waals surface area contributed by atoms with Crippen molar-refractivity contribution in [2.24, 2.45) is 0 Å². The fourth-order valence-electron chi connectivity index (χ4n) is 1.67. The standard InChI is InChI=1S/C13H15N3O2S/c1-10(2)16(7-6-14)19(17,18)13-5-4-12(9-15)11(3)8-13/h4-5,8,10H,7H2,1-3H3. The zero-order chi connectivity index (χ0) is 14.6. The molecule has 0 unspecified atom stereocenters. The number of nitriles is 2. The Labute approximate surface area is 113 Å². The minimum Gasteiger partial charge on any atom is -0.207 e. The molecule has 1 aromatic rings. The molecule has 1 aromatic carbocycles. The lowest BCUT2D eigenvalue weighted by molar-refractivity contribution is 0.385. The summed E-state index contributed by atoms with van der Waals surface area (Å²) >= 11 is 0. The number of hydrogen-bond donors (Lipinski definition) is 0. The van der Waals surface area contributed by atoms with Crippen molar-refractivity contribution in [1.82, 2.24) is 4.31 Å². The Morgan fingerprint density at radius 2 is 1.95 bits per heavy atom. The number of benzene rings is 1. The van der Waals surface area contributed by atoms with E-state index in [2.05, 4.69) is 0 Å². The van der Waals surface area contributed by atoms with Gasteiger partial charge in [-0.3, -0.25) is 0 Å². The zero-order valence-corrected chi connectivity index (χ0v) is 11.9. The summed E-state index contributed by atoms with van der Waals surface area (Å²) in [5.74, 6) is 0. The molecule has 0 heterocycles. The Balaban J connectivity index is 3.31. The van der Waals surface area contributed by atoms with Gasteiger partial charge >= 0.3 is 0 Å². The SMILES string of the molecule is Cc1cc(S(=O)(=O)N(CC#N)C(C)C)ccc1C#N. The van der Waals surface area contributed by atoms with Crippen molar-refractivity contribution < 1.29 is 8.42 Å². The summed E-state index contributed by atoms with van der Waals surface area (Å²) in [5.41, 5.74) is 1.04. The van der Waals surface area contributed by atoms with E-state index in [0.29, 0.717) is 11.1 Å². The van der Waals surface area contributed by atoms with Crippen molar-refractivity contribution in [3.8, 4) is 12.1 Å². The van der Waals surface area contributed by atoms with Crippen LogP contribution in [-0.4, -0.2) is 25.3 Å². The second-order valence-electron chi connectivity index (χ2n) is 4.39. The first-order valence-corrected chi connectivity index (χ1v) is 7.18. The summed E-state index contributed by atoms with van der Waals surface area (Å²) in [4.78, 5) is 0.105. The second kappa shape index (κ2) is 5.83. The summed E-state index contributed by atoms with van der Waals surface area (Å²) in [6.07, 6.45) is 0. The summed E-state index contributed by atoms with van der Waals surface area (Å²) < 4.78 is 25.9. The van der Waals surface area contributed by atoms with Crippen LogP contribution in [0, 0.1) is 29.6 Å². The van der Waals surface area contributed by atoms with Crippen molar-refractivity contribution in [3.63, 3.8) is 0 Å². The number of nitrogens with zero attached hydrogens (tertiary/aromatic N) is 3. The van der Waals surface area contributed by atoms with Gasteiger partial charge in [0.2, 0.25) is 10.0 Å². The van der Waals surface area contributed by atoms with Gasteiger partial charge in [0.1, 0.15) is 6.54 Å². The summed E-state index contributed by atoms with van der Waals surface area (Å²) in [6.45, 7) is 4.91. The average Bonchev–Trinajstić information content (AvgIpc) is 2.35. The molecule has 0 atom stereocenters. The lowest BCUT2D eigenvalue weighted by atomic mass is 10.1. The van der Waals surface area contributed by atoms with Crippen LogP contribution in [0.2, 0.25) is 0 Å². The van der Waals surface area contributed by atoms with Crippen LogP contribution in [0.25, 0.3) is 0 Å². The molecule has 0 radical (unpaired) electrons. The molecule has 0 aromatic heterocycles. The van der Waals surface area contributed by atoms with E-state index in [0.717, 1.165) is 4.31 Å². The van der Waals surface area contributed by atoms with Crippen LogP contribution in [0.1, 0.15) is 25.0 Å². The quantitative estimate of drug-likeness (QED) is 0.785. The molecule has 100 valence electrons. The summed E-state index contributed by atoms with van der Waals surface area (Å²) in [5, 5.41) is 17.6. The van der Waals surface area contributed by atoms with Crippen molar-refractivity contribution in [3.05, 3.63) is 29.3 Å². The second-order valence-corrected chi connectivity index (χ2v) is 6.28. The molecular formula is C13H15N3O2S. The molecule has 1 rings (SSSR count). The van der Waals surface area contributed by atoms with E-state index in [-0.39, 0.29) is 17.5 Å². The van der Waals surface area contributed by atoms with Gasteiger partial charge in [-0.2, -0.15) is 14.8 Å². The third-order valence-corrected chi connectivity index (χ3v) is 4.75. The maximum atomic E-state index is 12.4. The lowest BCUT2D eigenvalue weighted by Gasteiger charge is -2.23. The molecule has 0 amide bonds. The van der Waals surface area contributed by atoms with Gasteiger partial charge in [-0.05, 0) is 44.5 Å². The first-order valence-electron chi connectivity index (χ1n) is 5.74. The van der Waals surface area contributed by atoms with E-state index >= 15 is 0 Å². The van der Waals surface area contributed by atoms with Crippen molar-refractivity contribution >= 4 is 10.0 Å². The Morgan fingerprint density at radius 3 is 2.37 bits per heavy atom. The minimum atomic E-state index is -3.71. The van der Waals surface area contributed by atoms with E-state index in [1.807, 2.05) is 12.1 Å². The molecule has 0 bridgehead atoms. The van der Waals surface area contributed by atoms with Crippen LogP contribution in [-0.2, 0) is 10.0 Å². The number of rotatable bonds is 4. The number of sulfonamides is 1. The first kappa shape index (κ1) is 15.2. The van der Waals surface area contributed by atoms with E-state index < -0.39 is 10.0 Å². The maximum Gasteiger partial charge on any atom is 0.244 e. The Kier molecular flexibility index (Phi) is 4.66. The molecule has 0 aliphatic carbocycles. The smallest absolute Gasteiger partial charge is 0.207 e. The van der Waals surface area contributed by atoms with Crippen LogP contribution in [0.15, 0.2) is 23.1 Å². The molecule has 0 saturated carbocycles. The highest BCUT2D eigenvalue weighted by Gasteiger charge is 2.27. The van der Waals surface area contributed by atoms with Crippen molar-refractivity contribution in [1.29, 1.82) is 10.5 Å². The Bertz CT molecular complexity index is 651. The summed E-state index contributed by atoms with van der Waals surface area (Å²) in [6, 6.07) is 7.88. The van der Waals surface area contributed by atoms with Gasteiger partial charge in [0.25, 0.3) is 0 Å². The van der Waals surface area contributed by atoms with Crippen LogP contribution < -0.4 is 0 Å². The molecule has 0 aliphatic rings. The van der Waals surface area contributed by atoms with Crippen LogP contribution in [0.4, 0.5) is 0 Å². The molecule has 0 N–H and O–H groups in total. The van der Waals surface area contributed by atoms with Crippen molar-refractivity contribution in [2.75, 3.05) is 6.54 Å². The van der Waals surface area contributed by atoms with E-state index in [4.69, 9.17) is 10.5 Å². The highest BCUT2D eigenvalue weighted by Crippen LogP contribution is 2.20. The van der Waals surface area contributed by atoms with Gasteiger partial charge in [-0.1, -0.05) is 0 Å². The van der Waals surface area contributed by atoms with Crippen LogP contribution in [0.3, 0.4) is 0 Å². The molecule has 0 saturated heterocycles. The highest BCUT2D eigenvalue weighted by molar-refractivity contribution is 7.89. The van der Waals surface area contributed by atoms with Gasteiger partial charge in [-0.15, -0.1) is 0 Å². The molecule has 19 heavy (non-hydrogen) atoms. The average molecular weight is 277 g/mol. The van der Waals surface area contributed by atoms with Crippen LogP contribution >= 0.6 is 0 Å². The van der Waals surface area contributed by atoms with Gasteiger partial charge in [0, 0.05) is 6.04 Å². The van der Waals surface area contributed by atoms with Gasteiger partial charge in [0.15, 0.2) is 0 Å². The van der Waals surface area contributed by atoms with Crippen LogP contribution in [0.5, 0.6) is 0 Å². The molecule has 0 spiro atoms. The van der Waals surface area contributed by atoms with Gasteiger partial charge < -0.3 is 0 Å². The Morgan fingerprint density at radius 1 is 1.32 bits per heavy atom. The third-order valence-electron chi connectivity index (χ3n) is 2.73. The fraction of sp³-hybridized carbons (Fsp3) is 0.385. The monoisotopic (exact) mass is 277 g/mol. The van der Waals surface area contributed by atoms with E-state index in [9.17, 15) is 8.42 Å². The zero-order valence-electron chi connectivity index (χ0n) is 11.1. The largest absolute Gasteiger partial charge is 0.244 e. The molecular weight excluding hydrogens is 262 g/mol. The topological polar surface area (TPSA) is 85.0 Å². The summed E-state index contributed by atoms with van der Waals surface area (Å²) in [7, 11) is -3.71. The minimum absolute atomic E-state index is 0.105. The van der Waals surface area contributed by atoms with Gasteiger partial charge in [-0.25, -0.2) is 8.42 Å². The predicted octanol–water partition coefficient (Wildman–Crippen LogP) is 1.79. The molecule has 0 aliphatic heterocycles.